The van der Waals surface area contributed by atoms with Crippen LogP contribution in [0.15, 0.2) is 0 Å². The zero-order valence-electron chi connectivity index (χ0n) is 12.9. The van der Waals surface area contributed by atoms with Crippen molar-refractivity contribution in [2.24, 2.45) is 17.8 Å². The van der Waals surface area contributed by atoms with Crippen LogP contribution in [0.25, 0.3) is 0 Å². The van der Waals surface area contributed by atoms with E-state index in [-0.39, 0.29) is 0 Å². The van der Waals surface area contributed by atoms with Crippen molar-refractivity contribution in [1.82, 2.24) is 9.62 Å². The summed E-state index contributed by atoms with van der Waals surface area (Å²) in [6, 6.07) is 0. The summed E-state index contributed by atoms with van der Waals surface area (Å²) in [5.74, 6) is 1.41. The second kappa shape index (κ2) is 7.60. The van der Waals surface area contributed by atoms with E-state index in [0.29, 0.717) is 36.6 Å². The summed E-state index contributed by atoms with van der Waals surface area (Å²) >= 11 is 0. The molecule has 0 aromatic heterocycles. The fourth-order valence-electron chi connectivity index (χ4n) is 2.57. The molecular formula is C14H30N2O2S. The van der Waals surface area contributed by atoms with Crippen LogP contribution in [0.1, 0.15) is 40.5 Å². The molecule has 1 aliphatic heterocycles. The number of nitrogens with one attached hydrogen (secondary N) is 1. The molecule has 1 rings (SSSR count). The first-order valence-electron chi connectivity index (χ1n) is 7.49. The van der Waals surface area contributed by atoms with Crippen LogP contribution in [0.2, 0.25) is 0 Å². The van der Waals surface area contributed by atoms with Gasteiger partial charge < -0.3 is 5.32 Å². The van der Waals surface area contributed by atoms with Crippen LogP contribution in [0.3, 0.4) is 0 Å². The van der Waals surface area contributed by atoms with Crippen molar-refractivity contribution in [3.05, 3.63) is 0 Å². The van der Waals surface area contributed by atoms with E-state index in [0.717, 1.165) is 25.9 Å². The number of nitrogens with zero attached hydrogens (tertiary/aromatic N) is 1. The van der Waals surface area contributed by atoms with Gasteiger partial charge in [0.1, 0.15) is 0 Å². The number of sulfonamides is 1. The lowest BCUT2D eigenvalue weighted by molar-refractivity contribution is 0.325. The van der Waals surface area contributed by atoms with Gasteiger partial charge >= 0.3 is 0 Å². The Morgan fingerprint density at radius 1 is 1.05 bits per heavy atom. The molecule has 114 valence electrons. The van der Waals surface area contributed by atoms with Gasteiger partial charge in [0, 0.05) is 13.1 Å². The van der Waals surface area contributed by atoms with E-state index in [2.05, 4.69) is 33.0 Å². The fraction of sp³-hybridized carbons (Fsp3) is 1.00. The zero-order chi connectivity index (χ0) is 14.5. The Labute approximate surface area is 119 Å². The van der Waals surface area contributed by atoms with Crippen molar-refractivity contribution in [3.8, 4) is 0 Å². The predicted octanol–water partition coefficient (Wildman–Crippen LogP) is 1.93. The third-order valence-electron chi connectivity index (χ3n) is 3.44. The van der Waals surface area contributed by atoms with E-state index in [9.17, 15) is 8.42 Å². The summed E-state index contributed by atoms with van der Waals surface area (Å²) < 4.78 is 26.9. The van der Waals surface area contributed by atoms with E-state index in [1.54, 1.807) is 4.31 Å². The quantitative estimate of drug-likeness (QED) is 0.779. The molecule has 0 aromatic rings. The van der Waals surface area contributed by atoms with E-state index in [1.165, 1.54) is 0 Å². The molecule has 1 saturated heterocycles. The standard InChI is InChI=1S/C14H30N2O2S/c1-12(2)9-16(10-13(3)4)19(17,18)11-14-5-7-15-8-6-14/h12-15H,5-11H2,1-4H3. The summed E-state index contributed by atoms with van der Waals surface area (Å²) in [7, 11) is -3.11. The fourth-order valence-corrected chi connectivity index (χ4v) is 4.76. The third kappa shape index (κ3) is 6.23. The van der Waals surface area contributed by atoms with Crippen LogP contribution in [0, 0.1) is 17.8 Å². The Bertz CT molecular complexity index is 336. The van der Waals surface area contributed by atoms with E-state index in [4.69, 9.17) is 0 Å². The first-order chi connectivity index (χ1) is 8.81. The molecule has 0 aromatic carbocycles. The smallest absolute Gasteiger partial charge is 0.214 e. The van der Waals surface area contributed by atoms with E-state index in [1.807, 2.05) is 0 Å². The molecule has 19 heavy (non-hydrogen) atoms. The molecule has 0 spiro atoms. The minimum absolute atomic E-state index is 0.327. The third-order valence-corrected chi connectivity index (χ3v) is 5.41. The van der Waals surface area contributed by atoms with Crippen molar-refractivity contribution < 1.29 is 8.42 Å². The minimum Gasteiger partial charge on any atom is -0.317 e. The molecule has 0 radical (unpaired) electrons. The summed E-state index contributed by atoms with van der Waals surface area (Å²) in [4.78, 5) is 0. The molecule has 0 amide bonds. The maximum atomic E-state index is 12.6. The summed E-state index contributed by atoms with van der Waals surface area (Å²) in [6.45, 7) is 11.5. The van der Waals surface area contributed by atoms with E-state index < -0.39 is 10.0 Å². The Balaban J connectivity index is 2.67. The predicted molar refractivity (Wildman–Crippen MR) is 80.6 cm³/mol. The van der Waals surface area contributed by atoms with Crippen molar-refractivity contribution in [3.63, 3.8) is 0 Å². The molecule has 0 bridgehead atoms. The molecule has 0 unspecified atom stereocenters. The Kier molecular flexibility index (Phi) is 6.77. The molecule has 1 N–H and O–H groups in total. The highest BCUT2D eigenvalue weighted by Crippen LogP contribution is 2.18. The molecule has 0 atom stereocenters. The van der Waals surface area contributed by atoms with Crippen molar-refractivity contribution in [1.29, 1.82) is 0 Å². The van der Waals surface area contributed by atoms with Crippen LogP contribution in [0.5, 0.6) is 0 Å². The highest BCUT2D eigenvalue weighted by atomic mass is 32.2. The molecule has 0 aliphatic carbocycles. The monoisotopic (exact) mass is 290 g/mol. The average Bonchev–Trinajstić information content (AvgIpc) is 2.27. The van der Waals surface area contributed by atoms with Gasteiger partial charge in [0.25, 0.3) is 0 Å². The largest absolute Gasteiger partial charge is 0.317 e. The SMILES string of the molecule is CC(C)CN(CC(C)C)S(=O)(=O)CC1CCNCC1. The summed E-state index contributed by atoms with van der Waals surface area (Å²) in [5.41, 5.74) is 0. The number of rotatable bonds is 7. The highest BCUT2D eigenvalue weighted by molar-refractivity contribution is 7.89. The van der Waals surface area contributed by atoms with Gasteiger partial charge in [-0.25, -0.2) is 12.7 Å². The number of hydrogen-bond acceptors (Lipinski definition) is 3. The zero-order valence-corrected chi connectivity index (χ0v) is 13.7. The van der Waals surface area contributed by atoms with Crippen LogP contribution in [-0.2, 0) is 10.0 Å². The summed E-state index contributed by atoms with van der Waals surface area (Å²) in [5, 5.41) is 3.29. The highest BCUT2D eigenvalue weighted by Gasteiger charge is 2.28. The maximum Gasteiger partial charge on any atom is 0.214 e. The normalized spacial score (nSPS) is 18.7. The van der Waals surface area contributed by atoms with Gasteiger partial charge in [0.2, 0.25) is 10.0 Å². The lowest BCUT2D eigenvalue weighted by Gasteiger charge is -2.29. The lowest BCUT2D eigenvalue weighted by Crippen LogP contribution is -2.41. The van der Waals surface area contributed by atoms with Crippen LogP contribution >= 0.6 is 0 Å². The first-order valence-corrected chi connectivity index (χ1v) is 9.10. The second-order valence-corrected chi connectivity index (χ2v) is 8.59. The van der Waals surface area contributed by atoms with Crippen LogP contribution < -0.4 is 5.32 Å². The Morgan fingerprint density at radius 2 is 1.53 bits per heavy atom. The molecule has 1 fully saturated rings. The molecule has 5 heteroatoms. The lowest BCUT2D eigenvalue weighted by atomic mass is 10.0. The van der Waals surface area contributed by atoms with Gasteiger partial charge in [-0.15, -0.1) is 0 Å². The molecule has 4 nitrogen and oxygen atoms in total. The van der Waals surface area contributed by atoms with Gasteiger partial charge in [0.15, 0.2) is 0 Å². The number of hydrogen-bond donors (Lipinski definition) is 1. The van der Waals surface area contributed by atoms with Gasteiger partial charge in [-0.3, -0.25) is 0 Å². The molecular weight excluding hydrogens is 260 g/mol. The second-order valence-electron chi connectivity index (χ2n) is 6.58. The van der Waals surface area contributed by atoms with Crippen LogP contribution in [0.4, 0.5) is 0 Å². The molecule has 0 saturated carbocycles. The topological polar surface area (TPSA) is 49.4 Å². The molecule has 1 aliphatic rings. The van der Waals surface area contributed by atoms with Gasteiger partial charge in [-0.1, -0.05) is 27.7 Å². The Hall–Kier alpha value is -0.130. The van der Waals surface area contributed by atoms with Crippen LogP contribution in [-0.4, -0.2) is 44.7 Å². The Morgan fingerprint density at radius 3 is 1.95 bits per heavy atom. The minimum atomic E-state index is -3.11. The number of piperidine rings is 1. The van der Waals surface area contributed by atoms with Crippen molar-refractivity contribution in [2.75, 3.05) is 31.9 Å². The average molecular weight is 290 g/mol. The van der Waals surface area contributed by atoms with Crippen molar-refractivity contribution in [2.45, 2.75) is 40.5 Å². The van der Waals surface area contributed by atoms with Gasteiger partial charge in [-0.2, -0.15) is 0 Å². The van der Waals surface area contributed by atoms with Gasteiger partial charge in [-0.05, 0) is 43.7 Å². The molecule has 1 heterocycles. The maximum absolute atomic E-state index is 12.6. The van der Waals surface area contributed by atoms with Gasteiger partial charge in [0.05, 0.1) is 5.75 Å². The van der Waals surface area contributed by atoms with Crippen molar-refractivity contribution >= 4 is 10.0 Å². The first kappa shape index (κ1) is 16.9. The van der Waals surface area contributed by atoms with E-state index >= 15 is 0 Å². The summed E-state index contributed by atoms with van der Waals surface area (Å²) in [6.07, 6.45) is 1.97.